The Morgan fingerprint density at radius 3 is 1.27 bits per heavy atom. The zero-order chi connectivity index (χ0) is 32.1. The van der Waals surface area contributed by atoms with Crippen LogP contribution >= 0.6 is 62.2 Å². The van der Waals surface area contributed by atoms with Crippen molar-refractivity contribution in [2.45, 2.75) is 52.4 Å². The van der Waals surface area contributed by atoms with E-state index in [-0.39, 0.29) is 10.8 Å². The summed E-state index contributed by atoms with van der Waals surface area (Å²) in [5, 5.41) is 5.49. The second kappa shape index (κ2) is 15.7. The SMILES string of the molecule is CC(C)(C)c1ccc2[cH-]c3ccc(C(C)(C)C)cc3c2c1.[Cl][Zr]([Cl])=[C](c1ccc(I)cc1)c1ccc(I)cc1.c1cc[cH-]c1. The first-order valence-corrected chi connectivity index (χ1v) is 24.3. The monoisotopic (exact) mass is 920 g/mol. The third kappa shape index (κ3) is 9.70. The van der Waals surface area contributed by atoms with Gasteiger partial charge in [0.15, 0.2) is 0 Å². The van der Waals surface area contributed by atoms with Crippen LogP contribution in [-0.2, 0) is 29.7 Å². The molecule has 0 atom stereocenters. The first kappa shape index (κ1) is 35.7. The van der Waals surface area contributed by atoms with Crippen LogP contribution in [0.15, 0.2) is 121 Å². The molecular formula is C39H38Cl2I2Zr-2. The molecule has 0 spiro atoms. The van der Waals surface area contributed by atoms with Gasteiger partial charge in [-0.1, -0.05) is 76.9 Å². The van der Waals surface area contributed by atoms with Crippen molar-refractivity contribution >= 4 is 87.0 Å². The van der Waals surface area contributed by atoms with Crippen LogP contribution in [0.3, 0.4) is 0 Å². The maximum atomic E-state index is 6.31. The molecule has 0 saturated heterocycles. The molecule has 0 amide bonds. The molecule has 0 aliphatic heterocycles. The van der Waals surface area contributed by atoms with Crippen LogP contribution < -0.4 is 0 Å². The average molecular weight is 923 g/mol. The van der Waals surface area contributed by atoms with Crippen molar-refractivity contribution in [3.05, 3.63) is 151 Å². The van der Waals surface area contributed by atoms with Crippen molar-refractivity contribution in [3.63, 3.8) is 0 Å². The maximum absolute atomic E-state index is 6.31. The fourth-order valence-electron chi connectivity index (χ4n) is 4.87. The van der Waals surface area contributed by atoms with Gasteiger partial charge >= 0.3 is 151 Å². The van der Waals surface area contributed by atoms with Crippen molar-refractivity contribution in [1.82, 2.24) is 0 Å². The molecule has 0 aromatic heterocycles. The number of benzene rings is 4. The van der Waals surface area contributed by atoms with Crippen LogP contribution in [0.5, 0.6) is 0 Å². The van der Waals surface area contributed by atoms with Gasteiger partial charge in [-0.2, -0.15) is 18.2 Å². The Labute approximate surface area is 305 Å². The summed E-state index contributed by atoms with van der Waals surface area (Å²) in [5.74, 6) is 0. The van der Waals surface area contributed by atoms with Gasteiger partial charge < -0.3 is 0 Å². The molecule has 0 nitrogen and oxygen atoms in total. The molecule has 0 unspecified atom stereocenters. The number of fused-ring (bicyclic) bond motifs is 3. The van der Waals surface area contributed by atoms with E-state index in [2.05, 4.69) is 178 Å². The van der Waals surface area contributed by atoms with Crippen LogP contribution in [0.4, 0.5) is 0 Å². The molecule has 0 bridgehead atoms. The standard InChI is InChI=1S/C21H25.C13H8I2.C5H5.2ClH.Zr/c1-20(2,3)16-9-7-14-11-15-8-10-17(21(4,5)6)13-19(15)18(14)12-16;14-12-5-1-10(2-6-12)9-11-3-7-13(15)8-4-11;1-2-4-5-3-1;;;/h7-13H,1-6H3;1-8H;1-5H;2*1H;/q-1;;-1;;;+2/p-2. The maximum Gasteiger partial charge on any atom is -0.172 e. The first-order chi connectivity index (χ1) is 20.7. The summed E-state index contributed by atoms with van der Waals surface area (Å²) in [5.41, 5.74) is 5.50. The minimum atomic E-state index is -2.49. The molecule has 6 rings (SSSR count). The second-order valence-corrected chi connectivity index (χ2v) is 23.5. The van der Waals surface area contributed by atoms with Crippen LogP contribution in [0.1, 0.15) is 63.8 Å². The third-order valence-electron chi connectivity index (χ3n) is 7.45. The van der Waals surface area contributed by atoms with E-state index in [9.17, 15) is 0 Å². The van der Waals surface area contributed by atoms with E-state index < -0.39 is 18.9 Å². The average Bonchev–Trinajstić information content (AvgIpc) is 3.66. The zero-order valence-electron chi connectivity index (χ0n) is 26.1. The summed E-state index contributed by atoms with van der Waals surface area (Å²) in [6.45, 7) is 13.7. The Balaban J connectivity index is 0.000000175. The van der Waals surface area contributed by atoms with Crippen LogP contribution in [0.2, 0.25) is 0 Å². The van der Waals surface area contributed by atoms with E-state index in [1.165, 1.54) is 39.8 Å². The van der Waals surface area contributed by atoms with Gasteiger partial charge in [0, 0.05) is 0 Å². The molecule has 6 aromatic rings. The van der Waals surface area contributed by atoms with E-state index in [1.54, 1.807) is 0 Å². The predicted octanol–water partition coefficient (Wildman–Crippen LogP) is 13.1. The number of halogens is 4. The summed E-state index contributed by atoms with van der Waals surface area (Å²) < 4.78 is 3.58. The Hall–Kier alpha value is -1.11. The number of rotatable bonds is 2. The van der Waals surface area contributed by atoms with E-state index in [0.717, 1.165) is 14.3 Å². The summed E-state index contributed by atoms with van der Waals surface area (Å²) >= 11 is 2.11. The molecule has 44 heavy (non-hydrogen) atoms. The van der Waals surface area contributed by atoms with E-state index in [1.807, 2.05) is 30.3 Å². The fraction of sp³-hybridized carbons (Fsp3) is 0.205. The van der Waals surface area contributed by atoms with Crippen LogP contribution in [-0.4, -0.2) is 3.21 Å². The smallest absolute Gasteiger partial charge is 0.172 e. The van der Waals surface area contributed by atoms with E-state index in [4.69, 9.17) is 17.0 Å². The topological polar surface area (TPSA) is 0 Å². The number of hydrogen-bond acceptors (Lipinski definition) is 0. The zero-order valence-corrected chi connectivity index (χ0v) is 34.3. The molecule has 0 saturated carbocycles. The number of hydrogen-bond donors (Lipinski definition) is 0. The van der Waals surface area contributed by atoms with Gasteiger partial charge in [0.05, 0.1) is 0 Å². The molecule has 228 valence electrons. The third-order valence-corrected chi connectivity index (χ3v) is 13.5. The fourth-order valence-corrected chi connectivity index (χ4v) is 10.1. The molecular weight excluding hydrogens is 884 g/mol. The van der Waals surface area contributed by atoms with Crippen LogP contribution in [0.25, 0.3) is 21.5 Å². The molecule has 0 N–H and O–H groups in total. The second-order valence-electron chi connectivity index (χ2n) is 12.9. The molecule has 0 fully saturated rings. The van der Waals surface area contributed by atoms with Gasteiger partial charge in [-0.3, -0.25) is 0 Å². The quantitative estimate of drug-likeness (QED) is 0.120. The van der Waals surface area contributed by atoms with Crippen molar-refractivity contribution in [2.24, 2.45) is 0 Å². The Kier molecular flexibility index (Phi) is 12.7. The molecule has 0 radical (unpaired) electrons. The minimum absolute atomic E-state index is 0.194. The van der Waals surface area contributed by atoms with E-state index in [0.29, 0.717) is 0 Å². The Morgan fingerprint density at radius 1 is 0.591 bits per heavy atom. The van der Waals surface area contributed by atoms with Crippen LogP contribution in [0, 0.1) is 7.14 Å². The Bertz CT molecular complexity index is 1700. The van der Waals surface area contributed by atoms with Crippen molar-refractivity contribution in [1.29, 1.82) is 0 Å². The first-order valence-electron chi connectivity index (χ1n) is 14.6. The summed E-state index contributed by atoms with van der Waals surface area (Å²) in [7, 11) is 12.6. The van der Waals surface area contributed by atoms with Gasteiger partial charge in [-0.05, 0) is 10.8 Å². The van der Waals surface area contributed by atoms with Crippen molar-refractivity contribution in [2.75, 3.05) is 0 Å². The molecule has 5 heteroatoms. The van der Waals surface area contributed by atoms with Crippen molar-refractivity contribution in [3.8, 4) is 0 Å². The minimum Gasteiger partial charge on any atom is -0.214 e. The van der Waals surface area contributed by atoms with Gasteiger partial charge in [0.25, 0.3) is 0 Å². The Morgan fingerprint density at radius 2 is 0.977 bits per heavy atom. The van der Waals surface area contributed by atoms with E-state index >= 15 is 0 Å². The van der Waals surface area contributed by atoms with Gasteiger partial charge in [0.1, 0.15) is 0 Å². The summed E-state index contributed by atoms with van der Waals surface area (Å²) in [4.78, 5) is 0. The molecule has 0 heterocycles. The molecule has 6 aromatic carbocycles. The largest absolute Gasteiger partial charge is 0.214 e. The molecule has 0 aliphatic rings. The summed E-state index contributed by atoms with van der Waals surface area (Å²) in [6.07, 6.45) is 0. The van der Waals surface area contributed by atoms with Gasteiger partial charge in [-0.15, -0.1) is 39.7 Å². The van der Waals surface area contributed by atoms with Gasteiger partial charge in [-0.25, -0.2) is 12.1 Å². The normalized spacial score (nSPS) is 11.4. The van der Waals surface area contributed by atoms with Crippen molar-refractivity contribution < 1.29 is 18.9 Å². The molecule has 0 aliphatic carbocycles. The van der Waals surface area contributed by atoms with Gasteiger partial charge in [0.2, 0.25) is 0 Å². The summed E-state index contributed by atoms with van der Waals surface area (Å²) in [6, 6.07) is 42.9. The predicted molar refractivity (Wildman–Crippen MR) is 210 cm³/mol.